The Kier molecular flexibility index (Phi) is 6.09. The highest BCUT2D eigenvalue weighted by molar-refractivity contribution is 6.29. The average molecular weight is 406 g/mol. The van der Waals surface area contributed by atoms with Gasteiger partial charge in [-0.2, -0.15) is 0 Å². The van der Waals surface area contributed by atoms with Gasteiger partial charge in [0.05, 0.1) is 0 Å². The van der Waals surface area contributed by atoms with Crippen molar-refractivity contribution in [2.75, 3.05) is 38.0 Å². The van der Waals surface area contributed by atoms with Crippen LogP contribution in [0, 0.1) is 18.8 Å². The molecule has 154 valence electrons. The lowest BCUT2D eigenvalue weighted by Gasteiger charge is -2.35. The third kappa shape index (κ3) is 4.61. The number of anilines is 1. The van der Waals surface area contributed by atoms with Gasteiger partial charge in [-0.05, 0) is 63.5 Å². The van der Waals surface area contributed by atoms with Crippen LogP contribution < -0.4 is 10.6 Å². The van der Waals surface area contributed by atoms with E-state index in [1.165, 1.54) is 12.8 Å². The number of carbonyl (C=O) groups is 1. The number of nitrogens with one attached hydrogen (secondary N) is 2. The number of rotatable bonds is 6. The predicted octanol–water partition coefficient (Wildman–Crippen LogP) is 3.36. The van der Waals surface area contributed by atoms with Gasteiger partial charge < -0.3 is 15.5 Å². The SMILES string of the molecule is Cc1cc(NC(=O)N(CCCN2CCNC[C@@H]2C)[C@@H]2CCC3CC32)cc(Cl)n1. The molecule has 1 aromatic heterocycles. The number of aryl methyl sites for hydroxylation is 1. The molecular weight excluding hydrogens is 374 g/mol. The molecule has 2 N–H and O–H groups in total. The molecule has 2 saturated carbocycles. The summed E-state index contributed by atoms with van der Waals surface area (Å²) in [5.74, 6) is 1.57. The Morgan fingerprint density at radius 3 is 2.96 bits per heavy atom. The maximum atomic E-state index is 13.2. The summed E-state index contributed by atoms with van der Waals surface area (Å²) in [6, 6.07) is 4.56. The molecule has 6 nitrogen and oxygen atoms in total. The minimum absolute atomic E-state index is 0.00701. The van der Waals surface area contributed by atoms with Crippen LogP contribution in [0.3, 0.4) is 0 Å². The first-order chi connectivity index (χ1) is 13.5. The number of hydrogen-bond acceptors (Lipinski definition) is 4. The molecule has 28 heavy (non-hydrogen) atoms. The summed E-state index contributed by atoms with van der Waals surface area (Å²) in [6.07, 6.45) is 4.72. The van der Waals surface area contributed by atoms with Crippen molar-refractivity contribution >= 4 is 23.3 Å². The fraction of sp³-hybridized carbons (Fsp3) is 0.714. The van der Waals surface area contributed by atoms with Crippen molar-refractivity contribution in [1.29, 1.82) is 0 Å². The largest absolute Gasteiger partial charge is 0.322 e. The minimum atomic E-state index is 0.00701. The minimum Gasteiger partial charge on any atom is -0.321 e. The van der Waals surface area contributed by atoms with Crippen LogP contribution >= 0.6 is 11.6 Å². The van der Waals surface area contributed by atoms with Gasteiger partial charge in [-0.25, -0.2) is 9.78 Å². The van der Waals surface area contributed by atoms with Crippen molar-refractivity contribution in [2.24, 2.45) is 11.8 Å². The van der Waals surface area contributed by atoms with E-state index in [9.17, 15) is 4.79 Å². The van der Waals surface area contributed by atoms with Crippen molar-refractivity contribution < 1.29 is 4.79 Å². The van der Waals surface area contributed by atoms with Crippen molar-refractivity contribution in [2.45, 2.75) is 51.6 Å². The fourth-order valence-electron chi connectivity index (χ4n) is 5.03. The smallest absolute Gasteiger partial charge is 0.321 e. The van der Waals surface area contributed by atoms with E-state index in [0.717, 1.165) is 62.9 Å². The van der Waals surface area contributed by atoms with Crippen LogP contribution in [0.1, 0.15) is 38.3 Å². The normalized spacial score (nSPS) is 29.4. The first-order valence-corrected chi connectivity index (χ1v) is 11.1. The number of hydrogen-bond donors (Lipinski definition) is 2. The lowest BCUT2D eigenvalue weighted by atomic mass is 10.1. The van der Waals surface area contributed by atoms with Crippen molar-refractivity contribution in [3.8, 4) is 0 Å². The number of halogens is 1. The van der Waals surface area contributed by atoms with Crippen molar-refractivity contribution in [1.82, 2.24) is 20.1 Å². The van der Waals surface area contributed by atoms with Crippen LogP contribution in [0.2, 0.25) is 5.15 Å². The van der Waals surface area contributed by atoms with Crippen molar-refractivity contribution in [3.05, 3.63) is 23.0 Å². The van der Waals surface area contributed by atoms with Gasteiger partial charge >= 0.3 is 6.03 Å². The Hall–Kier alpha value is -1.37. The van der Waals surface area contributed by atoms with Gasteiger partial charge in [-0.3, -0.25) is 4.90 Å². The number of aromatic nitrogens is 1. The second kappa shape index (κ2) is 8.56. The molecule has 1 aliphatic heterocycles. The molecule has 1 saturated heterocycles. The van der Waals surface area contributed by atoms with E-state index in [-0.39, 0.29) is 6.03 Å². The van der Waals surface area contributed by atoms with Gasteiger partial charge in [-0.1, -0.05) is 11.6 Å². The van der Waals surface area contributed by atoms with Crippen LogP contribution in [0.4, 0.5) is 10.5 Å². The number of amides is 2. The zero-order valence-corrected chi connectivity index (χ0v) is 17.7. The fourth-order valence-corrected chi connectivity index (χ4v) is 5.28. The summed E-state index contributed by atoms with van der Waals surface area (Å²) in [7, 11) is 0. The summed E-state index contributed by atoms with van der Waals surface area (Å²) in [5, 5.41) is 6.93. The van der Waals surface area contributed by atoms with Crippen LogP contribution in [0.5, 0.6) is 0 Å². The highest BCUT2D eigenvalue weighted by Gasteiger charge is 2.51. The Labute approximate surface area is 173 Å². The molecule has 0 radical (unpaired) electrons. The molecule has 3 aliphatic rings. The second-order valence-corrected chi connectivity index (χ2v) is 9.08. The summed E-state index contributed by atoms with van der Waals surface area (Å²) < 4.78 is 0. The predicted molar refractivity (Wildman–Crippen MR) is 113 cm³/mol. The Morgan fingerprint density at radius 2 is 2.29 bits per heavy atom. The Morgan fingerprint density at radius 1 is 1.43 bits per heavy atom. The van der Waals surface area contributed by atoms with Crippen LogP contribution in [-0.2, 0) is 0 Å². The highest BCUT2D eigenvalue weighted by atomic mass is 35.5. The number of urea groups is 1. The number of carbonyl (C=O) groups excluding carboxylic acids is 1. The maximum Gasteiger partial charge on any atom is 0.322 e. The summed E-state index contributed by atoms with van der Waals surface area (Å²) in [5.41, 5.74) is 1.54. The number of fused-ring (bicyclic) bond motifs is 1. The van der Waals surface area contributed by atoms with Crippen molar-refractivity contribution in [3.63, 3.8) is 0 Å². The van der Waals surface area contributed by atoms with Crippen LogP contribution in [0.25, 0.3) is 0 Å². The molecule has 0 aromatic carbocycles. The third-order valence-electron chi connectivity index (χ3n) is 6.62. The standard InChI is InChI=1S/C21H32ClN5O/c1-14-10-17(12-20(22)24-14)25-21(28)27(19-5-4-16-11-18(16)19)8-3-7-26-9-6-23-13-15(26)2/h10,12,15-16,18-19,23H,3-9,11,13H2,1-2H3,(H,24,25,28)/t15-,16?,18?,19+/m0/s1. The van der Waals surface area contributed by atoms with Gasteiger partial charge in [0.2, 0.25) is 0 Å². The monoisotopic (exact) mass is 405 g/mol. The quantitative estimate of drug-likeness (QED) is 0.712. The van der Waals surface area contributed by atoms with E-state index in [4.69, 9.17) is 11.6 Å². The highest BCUT2D eigenvalue weighted by Crippen LogP contribution is 2.53. The van der Waals surface area contributed by atoms with Gasteiger partial charge in [0.1, 0.15) is 5.15 Å². The van der Waals surface area contributed by atoms with E-state index < -0.39 is 0 Å². The molecule has 2 unspecified atom stereocenters. The molecule has 7 heteroatoms. The first kappa shape index (κ1) is 19.9. The van der Waals surface area contributed by atoms with Gasteiger partial charge in [0.25, 0.3) is 0 Å². The third-order valence-corrected chi connectivity index (χ3v) is 6.82. The summed E-state index contributed by atoms with van der Waals surface area (Å²) in [6.45, 7) is 9.23. The molecule has 0 spiro atoms. The molecular formula is C21H32ClN5O. The number of nitrogens with zero attached hydrogens (tertiary/aromatic N) is 3. The Balaban J connectivity index is 1.39. The molecule has 2 amide bonds. The van der Waals surface area contributed by atoms with Gasteiger partial charge in [0.15, 0.2) is 0 Å². The van der Waals surface area contributed by atoms with E-state index in [1.807, 2.05) is 13.0 Å². The maximum absolute atomic E-state index is 13.2. The average Bonchev–Trinajstić information content (AvgIpc) is 3.30. The van der Waals surface area contributed by atoms with Gasteiger partial charge in [-0.15, -0.1) is 0 Å². The molecule has 4 rings (SSSR count). The summed E-state index contributed by atoms with van der Waals surface area (Å²) in [4.78, 5) is 22.0. The molecule has 2 aliphatic carbocycles. The zero-order valence-electron chi connectivity index (χ0n) is 17.0. The van der Waals surface area contributed by atoms with Gasteiger partial charge in [0, 0.05) is 56.2 Å². The Bertz CT molecular complexity index is 694. The van der Waals surface area contributed by atoms with E-state index in [2.05, 4.69) is 32.3 Å². The number of pyridine rings is 1. The lowest BCUT2D eigenvalue weighted by molar-refractivity contribution is 0.150. The molecule has 3 fully saturated rings. The first-order valence-electron chi connectivity index (χ1n) is 10.7. The van der Waals surface area contributed by atoms with E-state index >= 15 is 0 Å². The molecule has 2 heterocycles. The van der Waals surface area contributed by atoms with E-state index in [0.29, 0.717) is 23.2 Å². The molecule has 1 aromatic rings. The molecule has 4 atom stereocenters. The summed E-state index contributed by atoms with van der Waals surface area (Å²) >= 11 is 6.07. The zero-order chi connectivity index (χ0) is 19.7. The second-order valence-electron chi connectivity index (χ2n) is 8.69. The topological polar surface area (TPSA) is 60.5 Å². The van der Waals surface area contributed by atoms with Crippen LogP contribution in [0.15, 0.2) is 12.1 Å². The number of piperazine rings is 1. The van der Waals surface area contributed by atoms with E-state index in [1.54, 1.807) is 6.07 Å². The molecule has 0 bridgehead atoms. The van der Waals surface area contributed by atoms with Crippen LogP contribution in [-0.4, -0.2) is 65.6 Å². The lowest BCUT2D eigenvalue weighted by Crippen LogP contribution is -2.51.